The van der Waals surface area contributed by atoms with E-state index in [1.165, 1.54) is 0 Å². The van der Waals surface area contributed by atoms with E-state index in [1.807, 2.05) is 24.3 Å². The Morgan fingerprint density at radius 3 is 3.00 bits per heavy atom. The topological polar surface area (TPSA) is 58.2 Å². The number of H-pyrrole nitrogens is 1. The van der Waals surface area contributed by atoms with Crippen LogP contribution in [-0.4, -0.2) is 29.9 Å². The van der Waals surface area contributed by atoms with Gasteiger partial charge in [0.2, 0.25) is 0 Å². The van der Waals surface area contributed by atoms with Crippen LogP contribution in [0.5, 0.6) is 5.75 Å². The highest BCUT2D eigenvalue weighted by Gasteiger charge is 2.23. The lowest BCUT2D eigenvalue weighted by Gasteiger charge is -2.34. The number of benzene rings is 1. The molecule has 1 unspecified atom stereocenters. The molecule has 0 spiro atoms. The van der Waals surface area contributed by atoms with Gasteiger partial charge in [0.15, 0.2) is 0 Å². The zero-order valence-electron chi connectivity index (χ0n) is 12.5. The van der Waals surface area contributed by atoms with Crippen molar-refractivity contribution in [1.29, 1.82) is 0 Å². The standard InChI is InChI=1S/C16H17Cl2N3O2/c17-12-5-1-2-6-14(12)23-10-11-4-3-7-21(9-11)13-8-19-20-16(22)15(13)18/h1-2,5-6,8,11H,3-4,7,9-10H2,(H,20,22). The van der Waals surface area contributed by atoms with Crippen LogP contribution in [0.3, 0.4) is 0 Å². The van der Waals surface area contributed by atoms with Crippen molar-refractivity contribution in [1.82, 2.24) is 10.2 Å². The Bertz CT molecular complexity index is 735. The molecule has 5 nitrogen and oxygen atoms in total. The summed E-state index contributed by atoms with van der Waals surface area (Å²) in [4.78, 5) is 13.7. The lowest BCUT2D eigenvalue weighted by atomic mass is 9.98. The summed E-state index contributed by atoms with van der Waals surface area (Å²) in [6.07, 6.45) is 3.68. The molecule has 122 valence electrons. The van der Waals surface area contributed by atoms with Gasteiger partial charge in [0.05, 0.1) is 23.5 Å². The van der Waals surface area contributed by atoms with E-state index >= 15 is 0 Å². The van der Waals surface area contributed by atoms with Crippen LogP contribution in [-0.2, 0) is 0 Å². The fourth-order valence-corrected chi connectivity index (χ4v) is 3.18. The van der Waals surface area contributed by atoms with Crippen molar-refractivity contribution >= 4 is 28.9 Å². The zero-order chi connectivity index (χ0) is 16.2. The number of halogens is 2. The van der Waals surface area contributed by atoms with E-state index in [-0.39, 0.29) is 10.6 Å². The van der Waals surface area contributed by atoms with Gasteiger partial charge in [-0.05, 0) is 25.0 Å². The predicted molar refractivity (Wildman–Crippen MR) is 91.8 cm³/mol. The molecule has 1 aliphatic rings. The van der Waals surface area contributed by atoms with Crippen molar-refractivity contribution < 1.29 is 4.74 Å². The molecule has 1 saturated heterocycles. The number of ether oxygens (including phenoxy) is 1. The molecule has 1 aromatic carbocycles. The summed E-state index contributed by atoms with van der Waals surface area (Å²) in [5.74, 6) is 1.04. The zero-order valence-corrected chi connectivity index (χ0v) is 14.0. The van der Waals surface area contributed by atoms with Crippen molar-refractivity contribution in [2.75, 3.05) is 24.6 Å². The maximum Gasteiger partial charge on any atom is 0.285 e. The number of nitrogens with zero attached hydrogens (tertiary/aromatic N) is 2. The van der Waals surface area contributed by atoms with Gasteiger partial charge in [-0.3, -0.25) is 4.79 Å². The van der Waals surface area contributed by atoms with Crippen molar-refractivity contribution in [3.8, 4) is 5.75 Å². The fourth-order valence-electron chi connectivity index (χ4n) is 2.78. The molecule has 7 heteroatoms. The summed E-state index contributed by atoms with van der Waals surface area (Å²) in [6, 6.07) is 7.45. The van der Waals surface area contributed by atoms with Gasteiger partial charge in [-0.1, -0.05) is 35.3 Å². The highest BCUT2D eigenvalue weighted by Crippen LogP contribution is 2.28. The third-order valence-electron chi connectivity index (χ3n) is 3.95. The van der Waals surface area contributed by atoms with Crippen LogP contribution >= 0.6 is 23.2 Å². The Balaban J connectivity index is 1.66. The van der Waals surface area contributed by atoms with Crippen molar-refractivity contribution in [2.45, 2.75) is 12.8 Å². The van der Waals surface area contributed by atoms with Crippen LogP contribution in [0.4, 0.5) is 5.69 Å². The minimum Gasteiger partial charge on any atom is -0.492 e. The number of anilines is 1. The number of aromatic amines is 1. The molecule has 0 aliphatic carbocycles. The van der Waals surface area contributed by atoms with Crippen LogP contribution in [0, 0.1) is 5.92 Å². The first-order valence-electron chi connectivity index (χ1n) is 7.50. The van der Waals surface area contributed by atoms with Gasteiger partial charge in [-0.15, -0.1) is 0 Å². The van der Waals surface area contributed by atoms with Crippen LogP contribution in [0.15, 0.2) is 35.3 Å². The molecule has 1 atom stereocenters. The van der Waals surface area contributed by atoms with E-state index < -0.39 is 0 Å². The van der Waals surface area contributed by atoms with E-state index in [0.29, 0.717) is 29.0 Å². The summed E-state index contributed by atoms with van der Waals surface area (Å²) in [5, 5.41) is 6.98. The largest absolute Gasteiger partial charge is 0.492 e. The van der Waals surface area contributed by atoms with E-state index in [9.17, 15) is 4.79 Å². The number of para-hydroxylation sites is 1. The molecule has 0 bridgehead atoms. The Morgan fingerprint density at radius 2 is 2.17 bits per heavy atom. The van der Waals surface area contributed by atoms with Crippen LogP contribution < -0.4 is 15.2 Å². The number of hydrogen-bond donors (Lipinski definition) is 1. The number of nitrogens with one attached hydrogen (secondary N) is 1. The van der Waals surface area contributed by atoms with E-state index in [1.54, 1.807) is 6.20 Å². The lowest BCUT2D eigenvalue weighted by molar-refractivity contribution is 0.229. The van der Waals surface area contributed by atoms with E-state index in [0.717, 1.165) is 25.9 Å². The average Bonchev–Trinajstić information content (AvgIpc) is 2.57. The van der Waals surface area contributed by atoms with Crippen molar-refractivity contribution in [3.05, 3.63) is 50.9 Å². The van der Waals surface area contributed by atoms with Gasteiger partial charge < -0.3 is 9.64 Å². The van der Waals surface area contributed by atoms with E-state index in [4.69, 9.17) is 27.9 Å². The molecular formula is C16H17Cl2N3O2. The van der Waals surface area contributed by atoms with Gasteiger partial charge >= 0.3 is 0 Å². The summed E-state index contributed by atoms with van der Waals surface area (Å²) in [6.45, 7) is 2.21. The first kappa shape index (κ1) is 16.1. The monoisotopic (exact) mass is 353 g/mol. The molecule has 0 radical (unpaired) electrons. The summed E-state index contributed by atoms with van der Waals surface area (Å²) in [5.41, 5.74) is 0.316. The number of rotatable bonds is 4. The van der Waals surface area contributed by atoms with Gasteiger partial charge in [0.25, 0.3) is 5.56 Å². The Labute approximate surface area is 144 Å². The van der Waals surface area contributed by atoms with Gasteiger partial charge in [0, 0.05) is 19.0 Å². The predicted octanol–water partition coefficient (Wildman–Crippen LogP) is 3.37. The van der Waals surface area contributed by atoms with Crippen LogP contribution in [0.25, 0.3) is 0 Å². The van der Waals surface area contributed by atoms with Crippen molar-refractivity contribution in [3.63, 3.8) is 0 Å². The van der Waals surface area contributed by atoms with Gasteiger partial charge in [-0.2, -0.15) is 5.10 Å². The summed E-state index contributed by atoms with van der Waals surface area (Å²) < 4.78 is 5.84. The third kappa shape index (κ3) is 3.79. The first-order chi connectivity index (χ1) is 11.1. The second kappa shape index (κ2) is 7.23. The highest BCUT2D eigenvalue weighted by atomic mass is 35.5. The number of piperidine rings is 1. The second-order valence-corrected chi connectivity index (χ2v) is 6.38. The molecule has 0 saturated carbocycles. The molecule has 2 heterocycles. The summed E-state index contributed by atoms with van der Waals surface area (Å²) >= 11 is 12.2. The molecule has 1 aromatic heterocycles. The molecule has 1 aliphatic heterocycles. The fraction of sp³-hybridized carbons (Fsp3) is 0.375. The maximum atomic E-state index is 11.6. The minimum atomic E-state index is -0.362. The second-order valence-electron chi connectivity index (χ2n) is 5.59. The quantitative estimate of drug-likeness (QED) is 0.915. The number of aromatic nitrogens is 2. The highest BCUT2D eigenvalue weighted by molar-refractivity contribution is 6.33. The Kier molecular flexibility index (Phi) is 5.08. The first-order valence-corrected chi connectivity index (χ1v) is 8.26. The normalized spacial score (nSPS) is 18.0. The van der Waals surface area contributed by atoms with Crippen LogP contribution in [0.2, 0.25) is 10.0 Å². The molecule has 0 amide bonds. The third-order valence-corrected chi connectivity index (χ3v) is 4.63. The molecule has 23 heavy (non-hydrogen) atoms. The Hall–Kier alpha value is -1.72. The SMILES string of the molecule is O=c1[nH]ncc(N2CCCC(COc3ccccc3Cl)C2)c1Cl. The average molecular weight is 354 g/mol. The minimum absolute atomic E-state index is 0.188. The van der Waals surface area contributed by atoms with E-state index in [2.05, 4.69) is 15.1 Å². The molecule has 2 aromatic rings. The number of hydrogen-bond acceptors (Lipinski definition) is 4. The molecule has 3 rings (SSSR count). The molecular weight excluding hydrogens is 337 g/mol. The van der Waals surface area contributed by atoms with Gasteiger partial charge in [-0.25, -0.2) is 5.10 Å². The van der Waals surface area contributed by atoms with Gasteiger partial charge in [0.1, 0.15) is 10.8 Å². The maximum absolute atomic E-state index is 11.6. The molecule has 1 fully saturated rings. The molecule has 1 N–H and O–H groups in total. The smallest absolute Gasteiger partial charge is 0.285 e. The Morgan fingerprint density at radius 1 is 1.35 bits per heavy atom. The van der Waals surface area contributed by atoms with Crippen LogP contribution in [0.1, 0.15) is 12.8 Å². The summed E-state index contributed by atoms with van der Waals surface area (Å²) in [7, 11) is 0. The van der Waals surface area contributed by atoms with Crippen molar-refractivity contribution in [2.24, 2.45) is 5.92 Å². The lowest BCUT2D eigenvalue weighted by Crippen LogP contribution is -2.38.